The highest BCUT2D eigenvalue weighted by Gasteiger charge is 2.20. The average molecular weight is 414 g/mol. The highest BCUT2D eigenvalue weighted by molar-refractivity contribution is 9.10. The van der Waals surface area contributed by atoms with Crippen molar-refractivity contribution in [1.82, 2.24) is 5.43 Å². The molecule has 1 aromatic carbocycles. The number of furan rings is 1. The Hall–Kier alpha value is -2.13. The molecule has 128 valence electrons. The van der Waals surface area contributed by atoms with Gasteiger partial charge in [0.05, 0.1) is 22.6 Å². The lowest BCUT2D eigenvalue weighted by Crippen LogP contribution is -2.38. The zero-order valence-electron chi connectivity index (χ0n) is 13.1. The molecular formula is C15H16BrN3O4S. The van der Waals surface area contributed by atoms with Gasteiger partial charge in [-0.3, -0.25) is 9.10 Å². The monoisotopic (exact) mass is 413 g/mol. The van der Waals surface area contributed by atoms with Crippen LogP contribution in [0.2, 0.25) is 0 Å². The Kier molecular flexibility index (Phi) is 5.79. The average Bonchev–Trinajstić information content (AvgIpc) is 2.83. The Morgan fingerprint density at radius 2 is 2.04 bits per heavy atom. The molecule has 24 heavy (non-hydrogen) atoms. The number of benzene rings is 1. The van der Waals surface area contributed by atoms with E-state index in [2.05, 4.69) is 26.5 Å². The summed E-state index contributed by atoms with van der Waals surface area (Å²) in [6.45, 7) is 1.41. The van der Waals surface area contributed by atoms with Gasteiger partial charge in [-0.05, 0) is 35.0 Å². The largest absolute Gasteiger partial charge is 0.459 e. The number of amides is 1. The highest BCUT2D eigenvalue weighted by atomic mass is 79.9. The van der Waals surface area contributed by atoms with Crippen LogP contribution in [0.3, 0.4) is 0 Å². The van der Waals surface area contributed by atoms with Crippen molar-refractivity contribution in [2.75, 3.05) is 17.1 Å². The number of para-hydroxylation sites is 1. The number of halogens is 1. The van der Waals surface area contributed by atoms with Crippen LogP contribution in [0.15, 0.2) is 50.4 Å². The van der Waals surface area contributed by atoms with E-state index in [1.807, 2.05) is 0 Å². The first-order chi connectivity index (χ1) is 11.3. The van der Waals surface area contributed by atoms with Crippen molar-refractivity contribution in [3.05, 3.63) is 52.4 Å². The number of hydrazone groups is 1. The lowest BCUT2D eigenvalue weighted by atomic mass is 10.3. The van der Waals surface area contributed by atoms with Crippen molar-refractivity contribution in [1.29, 1.82) is 0 Å². The van der Waals surface area contributed by atoms with Gasteiger partial charge in [0.25, 0.3) is 5.91 Å². The first-order valence-corrected chi connectivity index (χ1v) is 9.52. The van der Waals surface area contributed by atoms with Crippen LogP contribution in [-0.2, 0) is 14.8 Å². The third-order valence-electron chi connectivity index (χ3n) is 2.99. The Morgan fingerprint density at radius 3 is 2.58 bits per heavy atom. The predicted molar refractivity (Wildman–Crippen MR) is 95.5 cm³/mol. The summed E-state index contributed by atoms with van der Waals surface area (Å²) in [5, 5.41) is 3.76. The fraction of sp³-hybridized carbons (Fsp3) is 0.200. The molecule has 0 unspecified atom stereocenters. The molecule has 0 atom stereocenters. The van der Waals surface area contributed by atoms with Crippen molar-refractivity contribution in [2.24, 2.45) is 5.10 Å². The molecule has 1 aromatic heterocycles. The number of rotatable bonds is 6. The van der Waals surface area contributed by atoms with Crippen LogP contribution in [0, 0.1) is 6.92 Å². The van der Waals surface area contributed by atoms with Gasteiger partial charge in [0.2, 0.25) is 10.0 Å². The van der Waals surface area contributed by atoms with Crippen molar-refractivity contribution < 1.29 is 17.6 Å². The molecule has 0 bridgehead atoms. The Morgan fingerprint density at radius 1 is 1.38 bits per heavy atom. The molecule has 7 nitrogen and oxygen atoms in total. The van der Waals surface area contributed by atoms with Gasteiger partial charge >= 0.3 is 0 Å². The zero-order valence-corrected chi connectivity index (χ0v) is 15.5. The third kappa shape index (κ3) is 4.93. The lowest BCUT2D eigenvalue weighted by Gasteiger charge is -2.21. The molecule has 0 aliphatic carbocycles. The predicted octanol–water partition coefficient (Wildman–Crippen LogP) is 2.27. The molecule has 0 spiro atoms. The molecule has 2 rings (SSSR count). The van der Waals surface area contributed by atoms with Crippen LogP contribution in [0.4, 0.5) is 5.69 Å². The van der Waals surface area contributed by atoms with Gasteiger partial charge in [-0.25, -0.2) is 13.8 Å². The molecule has 0 radical (unpaired) electrons. The minimum Gasteiger partial charge on any atom is -0.459 e. The van der Waals surface area contributed by atoms with Crippen LogP contribution < -0.4 is 9.73 Å². The summed E-state index contributed by atoms with van der Waals surface area (Å²) in [5.74, 6) is 0.584. The van der Waals surface area contributed by atoms with Crippen LogP contribution in [0.5, 0.6) is 0 Å². The number of nitrogens with one attached hydrogen (secondary N) is 1. The minimum absolute atomic E-state index is 0.374. The van der Waals surface area contributed by atoms with Crippen LogP contribution >= 0.6 is 15.9 Å². The fourth-order valence-electron chi connectivity index (χ4n) is 1.87. The molecule has 0 fully saturated rings. The van der Waals surface area contributed by atoms with Crippen LogP contribution in [0.25, 0.3) is 0 Å². The molecule has 0 saturated carbocycles. The minimum atomic E-state index is -3.60. The third-order valence-corrected chi connectivity index (χ3v) is 4.92. The number of sulfonamides is 1. The molecule has 0 saturated heterocycles. The topological polar surface area (TPSA) is 92.0 Å². The van der Waals surface area contributed by atoms with E-state index in [-0.39, 0.29) is 6.54 Å². The lowest BCUT2D eigenvalue weighted by molar-refractivity contribution is -0.119. The summed E-state index contributed by atoms with van der Waals surface area (Å²) in [7, 11) is -3.60. The standard InChI is InChI=1S/C15H16BrN3O4S/c1-11-14(16)8-13(23-11)9-17-18-15(20)10-19(24(2,21)22)12-6-4-3-5-7-12/h3-9H,10H2,1-2H3,(H,18,20)/b17-9-. The number of nitrogens with zero attached hydrogens (tertiary/aromatic N) is 2. The van der Waals surface area contributed by atoms with Gasteiger partial charge in [0.15, 0.2) is 0 Å². The van der Waals surface area contributed by atoms with Gasteiger partial charge < -0.3 is 4.42 Å². The highest BCUT2D eigenvalue weighted by Crippen LogP contribution is 2.19. The van der Waals surface area contributed by atoms with E-state index in [0.717, 1.165) is 15.0 Å². The van der Waals surface area contributed by atoms with E-state index in [0.29, 0.717) is 17.2 Å². The number of aryl methyl sites for hydroxylation is 1. The maximum absolute atomic E-state index is 12.0. The first-order valence-electron chi connectivity index (χ1n) is 6.88. The molecule has 0 aliphatic rings. The first kappa shape index (κ1) is 18.2. The summed E-state index contributed by atoms with van der Waals surface area (Å²) < 4.78 is 30.9. The Bertz CT molecular complexity index is 827. The van der Waals surface area contributed by atoms with Crippen molar-refractivity contribution >= 4 is 43.8 Å². The zero-order chi connectivity index (χ0) is 17.7. The second-order valence-electron chi connectivity index (χ2n) is 4.95. The molecule has 1 amide bonds. The molecular weight excluding hydrogens is 398 g/mol. The Balaban J connectivity index is 2.03. The number of hydrogen-bond donors (Lipinski definition) is 1. The molecule has 2 aromatic rings. The second kappa shape index (κ2) is 7.63. The molecule has 0 aliphatic heterocycles. The number of anilines is 1. The summed E-state index contributed by atoms with van der Waals surface area (Å²) >= 11 is 3.30. The van der Waals surface area contributed by atoms with Gasteiger partial charge in [0, 0.05) is 6.07 Å². The quantitative estimate of drug-likeness (QED) is 0.580. The summed E-state index contributed by atoms with van der Waals surface area (Å²) in [5.41, 5.74) is 2.69. The van der Waals surface area contributed by atoms with Crippen LogP contribution in [-0.4, -0.2) is 33.3 Å². The number of carbonyl (C=O) groups is 1. The molecule has 1 heterocycles. The molecule has 9 heteroatoms. The maximum Gasteiger partial charge on any atom is 0.260 e. The van der Waals surface area contributed by atoms with Gasteiger partial charge in [0.1, 0.15) is 18.1 Å². The summed E-state index contributed by atoms with van der Waals surface area (Å²) in [4.78, 5) is 12.0. The normalized spacial score (nSPS) is 11.6. The smallest absolute Gasteiger partial charge is 0.260 e. The van der Waals surface area contributed by atoms with Crippen molar-refractivity contribution in [3.63, 3.8) is 0 Å². The van der Waals surface area contributed by atoms with E-state index in [1.54, 1.807) is 43.3 Å². The molecule has 1 N–H and O–H groups in total. The van der Waals surface area contributed by atoms with Crippen LogP contribution in [0.1, 0.15) is 11.5 Å². The number of hydrogen-bond acceptors (Lipinski definition) is 5. The SMILES string of the molecule is Cc1oc(/C=N\NC(=O)CN(c2ccccc2)S(C)(=O)=O)cc1Br. The van der Waals surface area contributed by atoms with E-state index in [4.69, 9.17) is 4.42 Å². The fourth-order valence-corrected chi connectivity index (χ4v) is 3.04. The van der Waals surface area contributed by atoms with Crippen molar-refractivity contribution in [3.8, 4) is 0 Å². The summed E-state index contributed by atoms with van der Waals surface area (Å²) in [6.07, 6.45) is 2.38. The van der Waals surface area contributed by atoms with Crippen molar-refractivity contribution in [2.45, 2.75) is 6.92 Å². The van der Waals surface area contributed by atoms with E-state index in [9.17, 15) is 13.2 Å². The second-order valence-corrected chi connectivity index (χ2v) is 7.71. The number of carbonyl (C=O) groups excluding carboxylic acids is 1. The Labute approximate surface area is 148 Å². The van der Waals surface area contributed by atoms with E-state index < -0.39 is 15.9 Å². The van der Waals surface area contributed by atoms with E-state index in [1.165, 1.54) is 6.21 Å². The van der Waals surface area contributed by atoms with Gasteiger partial charge in [-0.15, -0.1) is 0 Å². The van der Waals surface area contributed by atoms with Gasteiger partial charge in [-0.2, -0.15) is 5.10 Å². The maximum atomic E-state index is 12.0. The summed E-state index contributed by atoms with van der Waals surface area (Å²) in [6, 6.07) is 10.1. The van der Waals surface area contributed by atoms with E-state index >= 15 is 0 Å². The van der Waals surface area contributed by atoms with Gasteiger partial charge in [-0.1, -0.05) is 18.2 Å².